The number of ether oxygens (including phenoxy) is 1. The normalized spacial score (nSPS) is 14.2. The predicted molar refractivity (Wildman–Crippen MR) is 88.4 cm³/mol. The molecule has 2 aromatic heterocycles. The Morgan fingerprint density at radius 3 is 2.75 bits per heavy atom. The summed E-state index contributed by atoms with van der Waals surface area (Å²) in [4.78, 5) is 36.5. The van der Waals surface area contributed by atoms with E-state index in [1.54, 1.807) is 37.6 Å². The van der Waals surface area contributed by atoms with Crippen molar-refractivity contribution in [3.63, 3.8) is 0 Å². The maximum absolute atomic E-state index is 12.7. The van der Waals surface area contributed by atoms with Crippen LogP contribution in [-0.4, -0.2) is 58.6 Å². The number of pyridine rings is 1. The molecule has 3 rings (SSSR count). The van der Waals surface area contributed by atoms with Gasteiger partial charge in [-0.15, -0.1) is 0 Å². The summed E-state index contributed by atoms with van der Waals surface area (Å²) >= 11 is 0. The molecule has 0 saturated carbocycles. The zero-order chi connectivity index (χ0) is 17.3. The molecular weight excluding hydrogens is 310 g/mol. The van der Waals surface area contributed by atoms with Crippen LogP contribution >= 0.6 is 0 Å². The molecule has 1 amide bonds. The molecule has 0 aliphatic carbocycles. The average molecular weight is 329 g/mol. The summed E-state index contributed by atoms with van der Waals surface area (Å²) in [6.07, 6.45) is 6.49. The van der Waals surface area contributed by atoms with E-state index in [1.807, 2.05) is 0 Å². The molecule has 126 valence electrons. The van der Waals surface area contributed by atoms with E-state index in [9.17, 15) is 9.59 Å². The Labute approximate surface area is 139 Å². The molecule has 0 N–H and O–H groups in total. The largest absolute Gasteiger partial charge is 0.496 e. The summed E-state index contributed by atoms with van der Waals surface area (Å²) in [7, 11) is 4.81. The van der Waals surface area contributed by atoms with Gasteiger partial charge in [0.2, 0.25) is 0 Å². The molecule has 1 aliphatic rings. The molecule has 0 aromatic carbocycles. The number of carbonyl (C=O) groups is 1. The topological polar surface area (TPSA) is 80.6 Å². The first-order chi connectivity index (χ1) is 11.5. The fourth-order valence-electron chi connectivity index (χ4n) is 2.64. The minimum absolute atomic E-state index is 0.0708. The van der Waals surface area contributed by atoms with Crippen LogP contribution in [0, 0.1) is 0 Å². The SMILES string of the molecule is COc1cc(=O)n(C)cc1C(=O)N(C)C1CN(c2cnccn2)C1. The summed E-state index contributed by atoms with van der Waals surface area (Å²) in [5.41, 5.74) is 0.156. The summed E-state index contributed by atoms with van der Waals surface area (Å²) < 4.78 is 6.56. The number of methoxy groups -OCH3 is 1. The van der Waals surface area contributed by atoms with Crippen molar-refractivity contribution in [2.75, 3.05) is 32.1 Å². The Balaban J connectivity index is 1.73. The molecule has 2 aromatic rings. The van der Waals surface area contributed by atoms with Crippen LogP contribution in [0.5, 0.6) is 5.75 Å². The van der Waals surface area contributed by atoms with Gasteiger partial charge in [0.05, 0.1) is 24.9 Å². The number of rotatable bonds is 4. The fourth-order valence-corrected chi connectivity index (χ4v) is 2.64. The van der Waals surface area contributed by atoms with Crippen molar-refractivity contribution in [3.05, 3.63) is 46.8 Å². The summed E-state index contributed by atoms with van der Waals surface area (Å²) in [5.74, 6) is 0.917. The van der Waals surface area contributed by atoms with Gasteiger partial charge in [0, 0.05) is 51.8 Å². The monoisotopic (exact) mass is 329 g/mol. The minimum Gasteiger partial charge on any atom is -0.496 e. The van der Waals surface area contributed by atoms with E-state index >= 15 is 0 Å². The summed E-state index contributed by atoms with van der Waals surface area (Å²) in [5, 5.41) is 0. The lowest BCUT2D eigenvalue weighted by Gasteiger charge is -2.44. The highest BCUT2D eigenvalue weighted by Crippen LogP contribution is 2.23. The van der Waals surface area contributed by atoms with Gasteiger partial charge < -0.3 is 19.1 Å². The summed E-state index contributed by atoms with van der Waals surface area (Å²) in [6.45, 7) is 1.38. The van der Waals surface area contributed by atoms with Crippen LogP contribution in [0.15, 0.2) is 35.6 Å². The van der Waals surface area contributed by atoms with Crippen LogP contribution in [0.1, 0.15) is 10.4 Å². The van der Waals surface area contributed by atoms with Gasteiger partial charge >= 0.3 is 0 Å². The van der Waals surface area contributed by atoms with Crippen molar-refractivity contribution in [1.29, 1.82) is 0 Å². The van der Waals surface area contributed by atoms with Gasteiger partial charge in [-0.3, -0.25) is 14.6 Å². The quantitative estimate of drug-likeness (QED) is 0.794. The molecule has 1 aliphatic heterocycles. The molecule has 24 heavy (non-hydrogen) atoms. The van der Waals surface area contributed by atoms with Gasteiger partial charge in [0.25, 0.3) is 11.5 Å². The third-order valence-corrected chi connectivity index (χ3v) is 4.24. The first-order valence-corrected chi connectivity index (χ1v) is 7.54. The Morgan fingerprint density at radius 1 is 1.38 bits per heavy atom. The number of hydrogen-bond acceptors (Lipinski definition) is 6. The Kier molecular flexibility index (Phi) is 4.20. The molecule has 0 bridgehead atoms. The number of nitrogens with zero attached hydrogens (tertiary/aromatic N) is 5. The third kappa shape index (κ3) is 2.82. The number of aromatic nitrogens is 3. The fraction of sp³-hybridized carbons (Fsp3) is 0.375. The van der Waals surface area contributed by atoms with Crippen LogP contribution in [0.25, 0.3) is 0 Å². The number of aryl methyl sites for hydroxylation is 1. The van der Waals surface area contributed by atoms with Crippen LogP contribution in [-0.2, 0) is 7.05 Å². The van der Waals surface area contributed by atoms with Crippen molar-refractivity contribution in [2.45, 2.75) is 6.04 Å². The molecule has 8 nitrogen and oxygen atoms in total. The first kappa shape index (κ1) is 16.0. The summed E-state index contributed by atoms with van der Waals surface area (Å²) in [6, 6.07) is 1.40. The van der Waals surface area contributed by atoms with Crippen molar-refractivity contribution in [2.24, 2.45) is 7.05 Å². The van der Waals surface area contributed by atoms with E-state index in [0.717, 1.165) is 5.82 Å². The molecule has 0 radical (unpaired) electrons. The van der Waals surface area contributed by atoms with Crippen LogP contribution < -0.4 is 15.2 Å². The Morgan fingerprint density at radius 2 is 2.12 bits per heavy atom. The van der Waals surface area contributed by atoms with E-state index in [-0.39, 0.29) is 17.5 Å². The predicted octanol–water partition coefficient (Wildman–Crippen LogP) is 0.145. The Bertz CT molecular complexity index is 799. The molecule has 1 fully saturated rings. The van der Waals surface area contributed by atoms with Crippen molar-refractivity contribution >= 4 is 11.7 Å². The third-order valence-electron chi connectivity index (χ3n) is 4.24. The molecule has 1 saturated heterocycles. The number of amides is 1. The molecule has 3 heterocycles. The second-order valence-electron chi connectivity index (χ2n) is 5.74. The standard InChI is InChI=1S/C16H19N5O3/c1-19-10-12(13(24-3)6-15(19)22)16(23)20(2)11-8-21(9-11)14-7-17-4-5-18-14/h4-7,10-11H,8-9H2,1-3H3. The van der Waals surface area contributed by atoms with Gasteiger partial charge in [-0.2, -0.15) is 0 Å². The van der Waals surface area contributed by atoms with E-state index in [4.69, 9.17) is 4.74 Å². The van der Waals surface area contributed by atoms with E-state index in [0.29, 0.717) is 24.4 Å². The van der Waals surface area contributed by atoms with Gasteiger partial charge in [0.15, 0.2) is 0 Å². The minimum atomic E-state index is -0.219. The number of carbonyl (C=O) groups excluding carboxylic acids is 1. The smallest absolute Gasteiger partial charge is 0.259 e. The molecule has 0 atom stereocenters. The van der Waals surface area contributed by atoms with Gasteiger partial charge in [-0.1, -0.05) is 0 Å². The molecule has 0 unspecified atom stereocenters. The van der Waals surface area contributed by atoms with Gasteiger partial charge in [-0.05, 0) is 0 Å². The maximum Gasteiger partial charge on any atom is 0.259 e. The highest BCUT2D eigenvalue weighted by Gasteiger charge is 2.34. The van der Waals surface area contributed by atoms with E-state index in [2.05, 4.69) is 14.9 Å². The zero-order valence-corrected chi connectivity index (χ0v) is 13.8. The lowest BCUT2D eigenvalue weighted by Crippen LogP contribution is -2.60. The Hall–Kier alpha value is -2.90. The highest BCUT2D eigenvalue weighted by atomic mass is 16.5. The van der Waals surface area contributed by atoms with Crippen molar-refractivity contribution in [3.8, 4) is 5.75 Å². The second kappa shape index (κ2) is 6.31. The van der Waals surface area contributed by atoms with Crippen molar-refractivity contribution in [1.82, 2.24) is 19.4 Å². The van der Waals surface area contributed by atoms with Gasteiger partial charge in [0.1, 0.15) is 11.6 Å². The van der Waals surface area contributed by atoms with Crippen molar-refractivity contribution < 1.29 is 9.53 Å². The van der Waals surface area contributed by atoms with Gasteiger partial charge in [-0.25, -0.2) is 4.98 Å². The van der Waals surface area contributed by atoms with E-state index in [1.165, 1.54) is 23.9 Å². The van der Waals surface area contributed by atoms with Crippen LogP contribution in [0.3, 0.4) is 0 Å². The maximum atomic E-state index is 12.7. The number of likely N-dealkylation sites (N-methyl/N-ethyl adjacent to an activating group) is 1. The molecular formula is C16H19N5O3. The second-order valence-corrected chi connectivity index (χ2v) is 5.74. The van der Waals surface area contributed by atoms with Crippen LogP contribution in [0.2, 0.25) is 0 Å². The zero-order valence-electron chi connectivity index (χ0n) is 13.8. The van der Waals surface area contributed by atoms with Crippen LogP contribution in [0.4, 0.5) is 5.82 Å². The average Bonchev–Trinajstić information content (AvgIpc) is 2.55. The number of anilines is 1. The lowest BCUT2D eigenvalue weighted by atomic mass is 10.1. The first-order valence-electron chi connectivity index (χ1n) is 7.54. The number of hydrogen-bond donors (Lipinski definition) is 0. The van der Waals surface area contributed by atoms with E-state index < -0.39 is 0 Å². The lowest BCUT2D eigenvalue weighted by molar-refractivity contribution is 0.0700. The highest BCUT2D eigenvalue weighted by molar-refractivity contribution is 5.96. The molecule has 0 spiro atoms. The molecule has 8 heteroatoms.